The second-order valence-corrected chi connectivity index (χ2v) is 11.2. The highest BCUT2D eigenvalue weighted by atomic mass is 16.2. The molecule has 3 nitrogen and oxygen atoms in total. The number of piperidine rings is 1. The number of hydrogen-bond donors (Lipinski definition) is 0. The number of carbonyl (C=O) groups is 2. The first kappa shape index (κ1) is 19.5. The largest absolute Gasteiger partial charge is 0.342 e. The van der Waals surface area contributed by atoms with Gasteiger partial charge in [0, 0.05) is 31.8 Å². The first-order chi connectivity index (χ1) is 12.7. The number of nitrogens with zero attached hydrogens (tertiary/aromatic N) is 1. The summed E-state index contributed by atoms with van der Waals surface area (Å²) in [5.41, 5.74) is 0.514. The lowest BCUT2D eigenvalue weighted by Crippen LogP contribution is -2.61. The average Bonchev–Trinajstić information content (AvgIpc) is 2.95. The maximum absolute atomic E-state index is 13.0. The molecule has 3 heteroatoms. The third-order valence-corrected chi connectivity index (χ3v) is 9.56. The summed E-state index contributed by atoms with van der Waals surface area (Å²) >= 11 is 0. The van der Waals surface area contributed by atoms with Crippen LogP contribution in [0.1, 0.15) is 85.5 Å². The maximum atomic E-state index is 13.0. The summed E-state index contributed by atoms with van der Waals surface area (Å²) in [4.78, 5) is 27.4. The van der Waals surface area contributed by atoms with Gasteiger partial charge in [-0.1, -0.05) is 27.7 Å². The van der Waals surface area contributed by atoms with Gasteiger partial charge in [0.2, 0.25) is 5.91 Å². The van der Waals surface area contributed by atoms with E-state index in [4.69, 9.17) is 0 Å². The molecule has 152 valence electrons. The maximum Gasteiger partial charge on any atom is 0.222 e. The van der Waals surface area contributed by atoms with Gasteiger partial charge in [-0.05, 0) is 79.4 Å². The minimum atomic E-state index is 0.229. The Morgan fingerprint density at radius 3 is 2.44 bits per heavy atom. The minimum absolute atomic E-state index is 0.229. The quantitative estimate of drug-likeness (QED) is 0.692. The van der Waals surface area contributed by atoms with E-state index < -0.39 is 0 Å². The zero-order chi connectivity index (χ0) is 19.6. The molecule has 3 saturated carbocycles. The fourth-order valence-corrected chi connectivity index (χ4v) is 8.22. The molecule has 4 fully saturated rings. The molecule has 0 N–H and O–H groups in total. The highest BCUT2D eigenvalue weighted by Gasteiger charge is 2.61. The summed E-state index contributed by atoms with van der Waals surface area (Å²) in [6.07, 6.45) is 9.83. The SMILES string of the molecule is CC(C)CC(=O)[C@H]1CC[C@H]2[C@@H]3CCC4N(C)C(=O)CC[C@]4(C)[C@H]3CC[C@]12C. The Labute approximate surface area is 165 Å². The van der Waals surface area contributed by atoms with E-state index in [1.54, 1.807) is 0 Å². The van der Waals surface area contributed by atoms with Crippen LogP contribution >= 0.6 is 0 Å². The molecule has 0 aromatic carbocycles. The number of Topliss-reactive ketones (excluding diaryl/α,β-unsaturated/α-hetero) is 1. The average molecular weight is 374 g/mol. The molecule has 1 aliphatic heterocycles. The Hall–Kier alpha value is -0.860. The Morgan fingerprint density at radius 1 is 1.04 bits per heavy atom. The normalized spacial score (nSPS) is 46.8. The summed E-state index contributed by atoms with van der Waals surface area (Å²) in [6, 6.07) is 0.434. The highest BCUT2D eigenvalue weighted by Crippen LogP contribution is 2.66. The number of likely N-dealkylation sites (tertiary alicyclic amines) is 1. The van der Waals surface area contributed by atoms with Crippen molar-refractivity contribution in [2.45, 2.75) is 91.5 Å². The highest BCUT2D eigenvalue weighted by molar-refractivity contribution is 5.82. The number of hydrogen-bond acceptors (Lipinski definition) is 2. The van der Waals surface area contributed by atoms with Crippen LogP contribution in [0.4, 0.5) is 0 Å². The lowest BCUT2D eigenvalue weighted by Gasteiger charge is -2.61. The van der Waals surface area contributed by atoms with Crippen LogP contribution in [-0.4, -0.2) is 29.7 Å². The molecule has 1 heterocycles. The van der Waals surface area contributed by atoms with Crippen molar-refractivity contribution in [2.24, 2.45) is 40.4 Å². The van der Waals surface area contributed by atoms with Gasteiger partial charge in [0.1, 0.15) is 5.78 Å². The Balaban J connectivity index is 1.58. The monoisotopic (exact) mass is 373 g/mol. The van der Waals surface area contributed by atoms with Crippen LogP contribution in [0.5, 0.6) is 0 Å². The van der Waals surface area contributed by atoms with Crippen molar-refractivity contribution >= 4 is 11.7 Å². The molecule has 27 heavy (non-hydrogen) atoms. The smallest absolute Gasteiger partial charge is 0.222 e. The zero-order valence-electron chi connectivity index (χ0n) is 18.1. The van der Waals surface area contributed by atoms with E-state index in [2.05, 4.69) is 32.6 Å². The molecule has 0 spiro atoms. The molecule has 3 aliphatic carbocycles. The third-order valence-electron chi connectivity index (χ3n) is 9.56. The minimum Gasteiger partial charge on any atom is -0.342 e. The van der Waals surface area contributed by atoms with E-state index in [0.29, 0.717) is 29.6 Å². The van der Waals surface area contributed by atoms with Crippen LogP contribution in [-0.2, 0) is 9.59 Å². The summed E-state index contributed by atoms with van der Waals surface area (Å²) in [5.74, 6) is 3.88. The van der Waals surface area contributed by atoms with Gasteiger partial charge >= 0.3 is 0 Å². The van der Waals surface area contributed by atoms with Crippen molar-refractivity contribution in [2.75, 3.05) is 7.05 Å². The van der Waals surface area contributed by atoms with Crippen LogP contribution in [0.25, 0.3) is 0 Å². The Bertz CT molecular complexity index is 628. The molecule has 0 aromatic heterocycles. The van der Waals surface area contributed by atoms with E-state index >= 15 is 0 Å². The van der Waals surface area contributed by atoms with Crippen molar-refractivity contribution in [3.63, 3.8) is 0 Å². The predicted octanol–water partition coefficient (Wildman–Crippen LogP) is 5.08. The van der Waals surface area contributed by atoms with Gasteiger partial charge in [0.25, 0.3) is 0 Å². The third kappa shape index (κ3) is 2.82. The summed E-state index contributed by atoms with van der Waals surface area (Å²) in [7, 11) is 2.04. The molecule has 4 aliphatic rings. The fraction of sp³-hybridized carbons (Fsp3) is 0.917. The first-order valence-electron chi connectivity index (χ1n) is 11.5. The second-order valence-electron chi connectivity index (χ2n) is 11.2. The first-order valence-corrected chi connectivity index (χ1v) is 11.5. The molecule has 1 amide bonds. The lowest BCUT2D eigenvalue weighted by atomic mass is 9.46. The van der Waals surface area contributed by atoms with Crippen molar-refractivity contribution in [3.8, 4) is 0 Å². The van der Waals surface area contributed by atoms with Gasteiger partial charge in [-0.25, -0.2) is 0 Å². The van der Waals surface area contributed by atoms with Crippen LogP contribution in [0, 0.1) is 40.4 Å². The zero-order valence-corrected chi connectivity index (χ0v) is 18.1. The molecule has 7 atom stereocenters. The van der Waals surface area contributed by atoms with Crippen molar-refractivity contribution in [1.29, 1.82) is 0 Å². The molecular formula is C24H39NO2. The molecule has 0 radical (unpaired) electrons. The molecule has 0 aromatic rings. The van der Waals surface area contributed by atoms with E-state index in [0.717, 1.165) is 49.9 Å². The van der Waals surface area contributed by atoms with E-state index in [1.807, 2.05) is 7.05 Å². The fourth-order valence-electron chi connectivity index (χ4n) is 8.22. The van der Waals surface area contributed by atoms with Crippen molar-refractivity contribution in [1.82, 2.24) is 4.90 Å². The van der Waals surface area contributed by atoms with Gasteiger partial charge in [-0.2, -0.15) is 0 Å². The number of amides is 1. The molecule has 4 rings (SSSR count). The number of fused-ring (bicyclic) bond motifs is 5. The Kier molecular flexibility index (Phi) is 4.75. The van der Waals surface area contributed by atoms with Crippen LogP contribution in [0.3, 0.4) is 0 Å². The van der Waals surface area contributed by atoms with Gasteiger partial charge < -0.3 is 4.90 Å². The van der Waals surface area contributed by atoms with E-state index in [1.165, 1.54) is 25.7 Å². The number of ketones is 1. The molecular weight excluding hydrogens is 334 g/mol. The van der Waals surface area contributed by atoms with Gasteiger partial charge in [-0.15, -0.1) is 0 Å². The lowest BCUT2D eigenvalue weighted by molar-refractivity contribution is -0.159. The number of carbonyl (C=O) groups excluding carboxylic acids is 2. The van der Waals surface area contributed by atoms with Crippen molar-refractivity contribution in [3.05, 3.63) is 0 Å². The van der Waals surface area contributed by atoms with Crippen molar-refractivity contribution < 1.29 is 9.59 Å². The molecule has 1 unspecified atom stereocenters. The Morgan fingerprint density at radius 2 is 1.74 bits per heavy atom. The van der Waals surface area contributed by atoms with Crippen LogP contribution in [0.2, 0.25) is 0 Å². The summed E-state index contributed by atoms with van der Waals surface area (Å²) < 4.78 is 0. The van der Waals surface area contributed by atoms with Gasteiger partial charge in [0.15, 0.2) is 0 Å². The van der Waals surface area contributed by atoms with E-state index in [9.17, 15) is 9.59 Å². The summed E-state index contributed by atoms with van der Waals surface area (Å²) in [5, 5.41) is 0. The van der Waals surface area contributed by atoms with Crippen LogP contribution in [0.15, 0.2) is 0 Å². The topological polar surface area (TPSA) is 37.4 Å². The standard InChI is InChI=1S/C24H39NO2/c1-15(2)14-20(26)19-8-7-17-16-6-9-21-24(4,13-11-22(27)25(21)5)18(16)10-12-23(17,19)3/h15-19,21H,6-14H2,1-5H3/t16-,17-,18-,19+,21?,23-,24+/m0/s1. The van der Waals surface area contributed by atoms with Crippen LogP contribution < -0.4 is 0 Å². The van der Waals surface area contributed by atoms with Gasteiger partial charge in [-0.3, -0.25) is 9.59 Å². The van der Waals surface area contributed by atoms with E-state index in [-0.39, 0.29) is 10.8 Å². The molecule has 1 saturated heterocycles. The van der Waals surface area contributed by atoms with Gasteiger partial charge in [0.05, 0.1) is 0 Å². The number of rotatable bonds is 3. The molecule has 0 bridgehead atoms. The summed E-state index contributed by atoms with van der Waals surface area (Å²) in [6.45, 7) is 9.28. The second kappa shape index (κ2) is 6.59. The predicted molar refractivity (Wildman–Crippen MR) is 108 cm³/mol.